The van der Waals surface area contributed by atoms with E-state index in [-0.39, 0.29) is 12.4 Å². The highest BCUT2D eigenvalue weighted by Gasteiger charge is 2.11. The molecule has 0 saturated heterocycles. The zero-order chi connectivity index (χ0) is 22.8. The number of benzene rings is 3. The van der Waals surface area contributed by atoms with Crippen molar-refractivity contribution in [1.29, 1.82) is 0 Å². The van der Waals surface area contributed by atoms with Crippen LogP contribution < -0.4 is 19.6 Å². The summed E-state index contributed by atoms with van der Waals surface area (Å²) in [5.74, 6) is 0.830. The summed E-state index contributed by atoms with van der Waals surface area (Å²) in [5.41, 5.74) is 4.37. The van der Waals surface area contributed by atoms with E-state index < -0.39 is 5.91 Å². The van der Waals surface area contributed by atoms with Gasteiger partial charge in [0.2, 0.25) is 0 Å². The average molecular weight is 434 g/mol. The number of carbonyl (C=O) groups excluding carboxylic acids is 1. The predicted octanol–water partition coefficient (Wildman–Crippen LogP) is 4.74. The Morgan fingerprint density at radius 1 is 1.03 bits per heavy atom. The topological polar surface area (TPSA) is 69.2 Å². The van der Waals surface area contributed by atoms with Crippen LogP contribution in [0.5, 0.6) is 17.2 Å². The number of nitrogens with zero attached hydrogens (tertiary/aromatic N) is 1. The predicted molar refractivity (Wildman–Crippen MR) is 121 cm³/mol. The van der Waals surface area contributed by atoms with Crippen LogP contribution >= 0.6 is 0 Å². The lowest BCUT2D eigenvalue weighted by molar-refractivity contribution is 0.0954. The van der Waals surface area contributed by atoms with Crippen LogP contribution in [0.25, 0.3) is 0 Å². The van der Waals surface area contributed by atoms with Gasteiger partial charge in [0.1, 0.15) is 24.8 Å². The minimum atomic E-state index is -0.403. The molecular weight excluding hydrogens is 411 g/mol. The number of nitrogens with one attached hydrogen (secondary N) is 1. The highest BCUT2D eigenvalue weighted by molar-refractivity contribution is 5.95. The van der Waals surface area contributed by atoms with Crippen LogP contribution in [0.15, 0.2) is 84.5 Å². The molecule has 3 aromatic rings. The summed E-state index contributed by atoms with van der Waals surface area (Å²) in [6.07, 6.45) is 3.12. The quantitative estimate of drug-likeness (QED) is 0.284. The van der Waals surface area contributed by atoms with Crippen LogP contribution in [0.2, 0.25) is 0 Å². The Morgan fingerprint density at radius 3 is 2.56 bits per heavy atom. The van der Waals surface area contributed by atoms with Crippen molar-refractivity contribution in [3.05, 3.63) is 102 Å². The van der Waals surface area contributed by atoms with E-state index in [1.54, 1.807) is 42.5 Å². The summed E-state index contributed by atoms with van der Waals surface area (Å²) < 4.78 is 29.6. The van der Waals surface area contributed by atoms with E-state index in [1.807, 2.05) is 18.2 Å². The average Bonchev–Trinajstić information content (AvgIpc) is 2.83. The Hall–Kier alpha value is -4.13. The van der Waals surface area contributed by atoms with Crippen molar-refractivity contribution in [2.75, 3.05) is 13.7 Å². The summed E-state index contributed by atoms with van der Waals surface area (Å²) in [6, 6.07) is 18.2. The third-order valence-corrected chi connectivity index (χ3v) is 4.38. The second kappa shape index (κ2) is 11.3. The first kappa shape index (κ1) is 22.6. The molecule has 0 spiro atoms. The lowest BCUT2D eigenvalue weighted by atomic mass is 10.2. The van der Waals surface area contributed by atoms with Crippen molar-refractivity contribution in [2.24, 2.45) is 5.10 Å². The number of para-hydroxylation sites is 1. The van der Waals surface area contributed by atoms with Gasteiger partial charge < -0.3 is 14.2 Å². The van der Waals surface area contributed by atoms with E-state index in [2.05, 4.69) is 17.1 Å². The molecule has 0 atom stereocenters. The molecule has 0 radical (unpaired) electrons. The van der Waals surface area contributed by atoms with E-state index in [9.17, 15) is 9.18 Å². The maximum atomic E-state index is 13.0. The summed E-state index contributed by atoms with van der Waals surface area (Å²) in [4.78, 5) is 12.5. The number of ether oxygens (including phenoxy) is 3. The second-order valence-corrected chi connectivity index (χ2v) is 6.62. The highest BCUT2D eigenvalue weighted by atomic mass is 19.1. The zero-order valence-corrected chi connectivity index (χ0v) is 17.6. The van der Waals surface area contributed by atoms with Crippen molar-refractivity contribution in [3.63, 3.8) is 0 Å². The van der Waals surface area contributed by atoms with Gasteiger partial charge >= 0.3 is 0 Å². The number of hydrazone groups is 1. The molecule has 0 fully saturated rings. The minimum absolute atomic E-state index is 0.275. The Balaban J connectivity index is 1.63. The number of hydrogen-bond donors (Lipinski definition) is 1. The fourth-order valence-corrected chi connectivity index (χ4v) is 2.76. The largest absolute Gasteiger partial charge is 0.493 e. The molecular formula is C25H23FN2O4. The van der Waals surface area contributed by atoms with Crippen LogP contribution in [-0.4, -0.2) is 25.8 Å². The summed E-state index contributed by atoms with van der Waals surface area (Å²) in [6.45, 7) is 4.21. The molecule has 1 N–H and O–H groups in total. The van der Waals surface area contributed by atoms with Crippen molar-refractivity contribution in [3.8, 4) is 17.2 Å². The third kappa shape index (κ3) is 6.18. The van der Waals surface area contributed by atoms with E-state index in [0.717, 1.165) is 5.56 Å². The summed E-state index contributed by atoms with van der Waals surface area (Å²) >= 11 is 0. The maximum absolute atomic E-state index is 13.0. The minimum Gasteiger partial charge on any atom is -0.493 e. The molecule has 0 aliphatic rings. The van der Waals surface area contributed by atoms with E-state index in [4.69, 9.17) is 14.2 Å². The monoisotopic (exact) mass is 434 g/mol. The van der Waals surface area contributed by atoms with Crippen molar-refractivity contribution < 1.29 is 23.4 Å². The normalized spacial score (nSPS) is 10.6. The van der Waals surface area contributed by atoms with Crippen LogP contribution in [0.1, 0.15) is 21.5 Å². The molecule has 1 amide bonds. The van der Waals surface area contributed by atoms with Gasteiger partial charge in [-0.2, -0.15) is 5.10 Å². The Kier molecular flexibility index (Phi) is 7.97. The number of amides is 1. The van der Waals surface area contributed by atoms with Crippen molar-refractivity contribution in [1.82, 2.24) is 5.43 Å². The van der Waals surface area contributed by atoms with Gasteiger partial charge in [0.05, 0.1) is 13.3 Å². The number of carbonyl (C=O) groups is 1. The van der Waals surface area contributed by atoms with Gasteiger partial charge in [-0.1, -0.05) is 36.9 Å². The molecule has 3 aromatic carbocycles. The molecule has 0 saturated carbocycles. The number of halogens is 1. The molecule has 32 heavy (non-hydrogen) atoms. The molecule has 0 aliphatic heterocycles. The van der Waals surface area contributed by atoms with E-state index in [1.165, 1.54) is 25.5 Å². The Morgan fingerprint density at radius 2 is 1.81 bits per heavy atom. The first-order valence-corrected chi connectivity index (χ1v) is 9.82. The Labute approximate surface area is 185 Å². The Bertz CT molecular complexity index is 1100. The molecule has 0 aliphatic carbocycles. The molecule has 0 aromatic heterocycles. The number of methoxy groups -OCH3 is 1. The zero-order valence-electron chi connectivity index (χ0n) is 17.6. The van der Waals surface area contributed by atoms with Gasteiger partial charge in [0.25, 0.3) is 5.91 Å². The standard InChI is InChI=1S/C25H23FN2O4/c1-3-14-31-23-13-10-19(15-24(23)30-2)25(29)28-27-16-20-6-4-5-7-22(20)32-17-18-8-11-21(26)12-9-18/h3-13,15-16H,1,14,17H2,2H3,(H,28,29)/b27-16+. The fraction of sp³-hybridized carbons (Fsp3) is 0.120. The van der Waals surface area contributed by atoms with Crippen molar-refractivity contribution >= 4 is 12.1 Å². The first-order chi connectivity index (χ1) is 15.6. The van der Waals surface area contributed by atoms with Crippen molar-refractivity contribution in [2.45, 2.75) is 6.61 Å². The number of hydrogen-bond acceptors (Lipinski definition) is 5. The van der Waals surface area contributed by atoms with Gasteiger partial charge in [-0.3, -0.25) is 4.79 Å². The SMILES string of the molecule is C=CCOc1ccc(C(=O)N/N=C/c2ccccc2OCc2ccc(F)cc2)cc1OC. The van der Waals surface area contributed by atoms with Gasteiger partial charge in [0.15, 0.2) is 11.5 Å². The maximum Gasteiger partial charge on any atom is 0.271 e. The molecule has 3 rings (SSSR count). The van der Waals surface area contributed by atoms with E-state index >= 15 is 0 Å². The molecule has 7 heteroatoms. The van der Waals surface area contributed by atoms with Gasteiger partial charge in [-0.25, -0.2) is 9.82 Å². The molecule has 0 bridgehead atoms. The van der Waals surface area contributed by atoms with Gasteiger partial charge in [-0.05, 0) is 48.0 Å². The first-order valence-electron chi connectivity index (χ1n) is 9.82. The third-order valence-electron chi connectivity index (χ3n) is 4.38. The van der Waals surface area contributed by atoms with Crippen LogP contribution in [0.3, 0.4) is 0 Å². The smallest absolute Gasteiger partial charge is 0.271 e. The fourth-order valence-electron chi connectivity index (χ4n) is 2.76. The second-order valence-electron chi connectivity index (χ2n) is 6.62. The lowest BCUT2D eigenvalue weighted by Crippen LogP contribution is -2.17. The summed E-state index contributed by atoms with van der Waals surface area (Å²) in [5, 5.41) is 4.03. The summed E-state index contributed by atoms with van der Waals surface area (Å²) in [7, 11) is 1.50. The van der Waals surface area contributed by atoms with Crippen LogP contribution in [0.4, 0.5) is 4.39 Å². The van der Waals surface area contributed by atoms with E-state index in [0.29, 0.717) is 35.0 Å². The highest BCUT2D eigenvalue weighted by Crippen LogP contribution is 2.28. The molecule has 0 heterocycles. The van der Waals surface area contributed by atoms with Crippen LogP contribution in [0, 0.1) is 5.82 Å². The van der Waals surface area contributed by atoms with Gasteiger partial charge in [0, 0.05) is 11.1 Å². The van der Waals surface area contributed by atoms with Crippen LogP contribution in [-0.2, 0) is 6.61 Å². The molecule has 6 nitrogen and oxygen atoms in total. The lowest BCUT2D eigenvalue weighted by Gasteiger charge is -2.10. The molecule has 0 unspecified atom stereocenters. The number of rotatable bonds is 10. The molecule has 164 valence electrons. The van der Waals surface area contributed by atoms with Gasteiger partial charge in [-0.15, -0.1) is 0 Å².